The molecule has 0 radical (unpaired) electrons. The van der Waals surface area contributed by atoms with Gasteiger partial charge < -0.3 is 10.2 Å². The third-order valence-corrected chi connectivity index (χ3v) is 5.78. The molecule has 2 amide bonds. The van der Waals surface area contributed by atoms with Crippen LogP contribution in [0, 0.1) is 27.7 Å². The summed E-state index contributed by atoms with van der Waals surface area (Å²) in [5, 5.41) is 7.49. The second kappa shape index (κ2) is 8.38. The van der Waals surface area contributed by atoms with E-state index in [2.05, 4.69) is 16.5 Å². The molecule has 31 heavy (non-hydrogen) atoms. The van der Waals surface area contributed by atoms with Crippen LogP contribution in [0.4, 0.5) is 5.69 Å². The zero-order valence-electron chi connectivity index (χ0n) is 18.5. The number of nitrogens with zero attached hydrogens (tertiary/aromatic N) is 3. The number of likely N-dealkylation sites (tertiary alicyclic amines) is 1. The van der Waals surface area contributed by atoms with E-state index >= 15 is 0 Å². The van der Waals surface area contributed by atoms with Crippen LogP contribution in [0.2, 0.25) is 0 Å². The first-order valence-electron chi connectivity index (χ1n) is 10.6. The molecule has 0 bridgehead atoms. The van der Waals surface area contributed by atoms with Crippen molar-refractivity contribution in [2.24, 2.45) is 0 Å². The summed E-state index contributed by atoms with van der Waals surface area (Å²) < 4.78 is 2.00. The molecule has 0 aliphatic carbocycles. The van der Waals surface area contributed by atoms with Crippen LogP contribution in [-0.4, -0.2) is 39.6 Å². The molecule has 0 atom stereocenters. The summed E-state index contributed by atoms with van der Waals surface area (Å²) >= 11 is 0. The summed E-state index contributed by atoms with van der Waals surface area (Å²) in [5.41, 5.74) is 6.43. The Balaban J connectivity index is 1.40. The Bertz CT molecular complexity index is 1120. The molecule has 6 nitrogen and oxygen atoms in total. The van der Waals surface area contributed by atoms with E-state index < -0.39 is 0 Å². The quantitative estimate of drug-likeness (QED) is 0.684. The topological polar surface area (TPSA) is 67.2 Å². The number of benzene rings is 2. The molecule has 6 heteroatoms. The summed E-state index contributed by atoms with van der Waals surface area (Å²) in [7, 11) is 0. The van der Waals surface area contributed by atoms with Crippen molar-refractivity contribution in [3.05, 3.63) is 82.2 Å². The number of aromatic nitrogens is 2. The Labute approximate surface area is 182 Å². The van der Waals surface area contributed by atoms with Gasteiger partial charge in [-0.05, 0) is 57.0 Å². The van der Waals surface area contributed by atoms with Crippen LogP contribution in [0.3, 0.4) is 0 Å². The van der Waals surface area contributed by atoms with E-state index in [1.165, 1.54) is 0 Å². The standard InChI is InChI=1S/C25H28N4O2/c1-16-5-8-20(9-6-16)12-24(30)26-23-13-21(10-7-17(23)2)25(31)28-14-22(15-28)29-19(4)11-18(3)27-29/h5-11,13,22H,12,14-15H2,1-4H3,(H,26,30). The van der Waals surface area contributed by atoms with Crippen LogP contribution < -0.4 is 5.32 Å². The van der Waals surface area contributed by atoms with Crippen LogP contribution in [-0.2, 0) is 11.2 Å². The zero-order chi connectivity index (χ0) is 22.1. The van der Waals surface area contributed by atoms with Crippen molar-refractivity contribution in [3.63, 3.8) is 0 Å². The lowest BCUT2D eigenvalue weighted by Gasteiger charge is -2.39. The van der Waals surface area contributed by atoms with Crippen LogP contribution >= 0.6 is 0 Å². The Kier molecular flexibility index (Phi) is 5.63. The van der Waals surface area contributed by atoms with Gasteiger partial charge in [-0.2, -0.15) is 5.10 Å². The summed E-state index contributed by atoms with van der Waals surface area (Å²) in [6.45, 7) is 9.25. The van der Waals surface area contributed by atoms with Gasteiger partial charge in [0.05, 0.1) is 18.2 Å². The maximum atomic E-state index is 12.9. The molecule has 160 valence electrons. The third kappa shape index (κ3) is 4.53. The van der Waals surface area contributed by atoms with E-state index in [-0.39, 0.29) is 17.9 Å². The van der Waals surface area contributed by atoms with Crippen LogP contribution in [0.5, 0.6) is 0 Å². The second-order valence-corrected chi connectivity index (χ2v) is 8.48. The smallest absolute Gasteiger partial charge is 0.254 e. The maximum Gasteiger partial charge on any atom is 0.254 e. The fourth-order valence-corrected chi connectivity index (χ4v) is 3.95. The van der Waals surface area contributed by atoms with Crippen molar-refractivity contribution in [3.8, 4) is 0 Å². The molecule has 1 saturated heterocycles. The minimum Gasteiger partial charge on any atom is -0.334 e. The van der Waals surface area contributed by atoms with E-state index in [1.807, 2.05) is 73.7 Å². The van der Waals surface area contributed by atoms with E-state index in [0.717, 1.165) is 28.1 Å². The molecule has 1 aliphatic rings. The van der Waals surface area contributed by atoms with E-state index in [9.17, 15) is 9.59 Å². The van der Waals surface area contributed by atoms with Crippen LogP contribution in [0.1, 0.15) is 44.5 Å². The Morgan fingerprint density at radius 2 is 1.71 bits per heavy atom. The number of hydrogen-bond donors (Lipinski definition) is 1. The van der Waals surface area contributed by atoms with Crippen molar-refractivity contribution < 1.29 is 9.59 Å². The molecule has 1 fully saturated rings. The predicted octanol–water partition coefficient (Wildman–Crippen LogP) is 4.00. The molecular formula is C25H28N4O2. The normalized spacial score (nSPS) is 13.7. The fraction of sp³-hybridized carbons (Fsp3) is 0.320. The Morgan fingerprint density at radius 1 is 1.00 bits per heavy atom. The molecule has 0 spiro atoms. The minimum absolute atomic E-state index is 0.0215. The van der Waals surface area contributed by atoms with Gasteiger partial charge >= 0.3 is 0 Å². The Morgan fingerprint density at radius 3 is 2.35 bits per heavy atom. The van der Waals surface area contributed by atoms with Gasteiger partial charge in [-0.15, -0.1) is 0 Å². The molecule has 4 rings (SSSR count). The third-order valence-electron chi connectivity index (χ3n) is 5.78. The van der Waals surface area contributed by atoms with Gasteiger partial charge in [-0.25, -0.2) is 0 Å². The van der Waals surface area contributed by atoms with E-state index in [0.29, 0.717) is 30.8 Å². The summed E-state index contributed by atoms with van der Waals surface area (Å²) in [6, 6.07) is 15.7. The number of anilines is 1. The molecule has 3 aromatic rings. The highest BCUT2D eigenvalue weighted by Gasteiger charge is 2.33. The predicted molar refractivity (Wildman–Crippen MR) is 121 cm³/mol. The average Bonchev–Trinajstić information content (AvgIpc) is 3.02. The first-order chi connectivity index (χ1) is 14.8. The highest BCUT2D eigenvalue weighted by molar-refractivity contribution is 5.98. The van der Waals surface area contributed by atoms with Crippen LogP contribution in [0.25, 0.3) is 0 Å². The monoisotopic (exact) mass is 416 g/mol. The van der Waals surface area contributed by atoms with Crippen LogP contribution in [0.15, 0.2) is 48.5 Å². The lowest BCUT2D eigenvalue weighted by atomic mass is 10.0. The van der Waals surface area contributed by atoms with Crippen molar-refractivity contribution in [1.82, 2.24) is 14.7 Å². The molecule has 0 unspecified atom stereocenters. The lowest BCUT2D eigenvalue weighted by molar-refractivity contribution is -0.115. The van der Waals surface area contributed by atoms with E-state index in [4.69, 9.17) is 0 Å². The van der Waals surface area contributed by atoms with Gasteiger partial charge in [0.15, 0.2) is 0 Å². The van der Waals surface area contributed by atoms with Crippen molar-refractivity contribution in [2.75, 3.05) is 18.4 Å². The van der Waals surface area contributed by atoms with Crippen molar-refractivity contribution in [2.45, 2.75) is 40.2 Å². The summed E-state index contributed by atoms with van der Waals surface area (Å²) in [5.74, 6) is -0.114. The largest absolute Gasteiger partial charge is 0.334 e. The van der Waals surface area contributed by atoms with Gasteiger partial charge in [-0.1, -0.05) is 35.9 Å². The number of carbonyl (C=O) groups is 2. The number of rotatable bonds is 5. The molecular weight excluding hydrogens is 388 g/mol. The highest BCUT2D eigenvalue weighted by atomic mass is 16.2. The minimum atomic E-state index is -0.0925. The van der Waals surface area contributed by atoms with Gasteiger partial charge in [-0.3, -0.25) is 14.3 Å². The van der Waals surface area contributed by atoms with E-state index in [1.54, 1.807) is 6.07 Å². The SMILES string of the molecule is Cc1ccc(CC(=O)Nc2cc(C(=O)N3CC(n4nc(C)cc4C)C3)ccc2C)cc1. The summed E-state index contributed by atoms with van der Waals surface area (Å²) in [6.07, 6.45) is 0.300. The number of hydrogen-bond acceptors (Lipinski definition) is 3. The zero-order valence-corrected chi connectivity index (χ0v) is 18.5. The fourth-order valence-electron chi connectivity index (χ4n) is 3.95. The number of amides is 2. The number of carbonyl (C=O) groups excluding carboxylic acids is 2. The first-order valence-corrected chi connectivity index (χ1v) is 10.6. The molecule has 0 saturated carbocycles. The van der Waals surface area contributed by atoms with Gasteiger partial charge in [0.2, 0.25) is 5.91 Å². The van der Waals surface area contributed by atoms with Crippen molar-refractivity contribution >= 4 is 17.5 Å². The number of nitrogens with one attached hydrogen (secondary N) is 1. The molecule has 1 N–H and O–H groups in total. The van der Waals surface area contributed by atoms with Gasteiger partial charge in [0.1, 0.15) is 0 Å². The highest BCUT2D eigenvalue weighted by Crippen LogP contribution is 2.26. The molecule has 1 aromatic heterocycles. The molecule has 1 aliphatic heterocycles. The summed E-state index contributed by atoms with van der Waals surface area (Å²) in [4.78, 5) is 27.3. The first kappa shape index (κ1) is 20.8. The molecule has 2 heterocycles. The van der Waals surface area contributed by atoms with Gasteiger partial charge in [0.25, 0.3) is 5.91 Å². The molecule has 2 aromatic carbocycles. The number of aryl methyl sites for hydroxylation is 4. The second-order valence-electron chi connectivity index (χ2n) is 8.48. The van der Waals surface area contributed by atoms with Gasteiger partial charge in [0, 0.05) is 30.0 Å². The lowest BCUT2D eigenvalue weighted by Crippen LogP contribution is -2.51. The Hall–Kier alpha value is -3.41. The van der Waals surface area contributed by atoms with Crippen molar-refractivity contribution in [1.29, 1.82) is 0 Å². The average molecular weight is 417 g/mol. The maximum absolute atomic E-state index is 12.9.